The van der Waals surface area contributed by atoms with E-state index in [-0.39, 0.29) is 23.0 Å². The number of aromatic nitrogens is 7. The molecule has 2 atom stereocenters. The number of hydrogen-bond donors (Lipinski definition) is 0. The number of rotatable bonds is 3. The van der Waals surface area contributed by atoms with E-state index in [1.54, 1.807) is 0 Å². The highest BCUT2D eigenvalue weighted by Gasteiger charge is 2.53. The molecule has 2 unspecified atom stereocenters. The largest absolute Gasteiger partial charge is 0.456 e. The highest BCUT2D eigenvalue weighted by Crippen LogP contribution is 2.50. The van der Waals surface area contributed by atoms with Crippen LogP contribution in [0.4, 0.5) is 0 Å². The van der Waals surface area contributed by atoms with Crippen molar-refractivity contribution in [2.24, 2.45) is 0 Å². The van der Waals surface area contributed by atoms with Gasteiger partial charge in [-0.05, 0) is 35.3 Å². The monoisotopic (exact) mass is 607 g/mol. The Morgan fingerprint density at radius 2 is 1.74 bits per heavy atom. The van der Waals surface area contributed by atoms with Crippen molar-refractivity contribution < 1.29 is 13.6 Å². The van der Waals surface area contributed by atoms with Gasteiger partial charge in [-0.3, -0.25) is 0 Å². The van der Waals surface area contributed by atoms with Crippen LogP contribution in [-0.4, -0.2) is 24.7 Å². The SMILES string of the molecule is CCC1(CC)CC(C2c3ccc4oc5ccccc5c4c3-c3cnc4cccnc4[n+]32)n2nc(C(C)(C)C)nc2-c2cccc[n+]21. The number of benzene rings is 2. The van der Waals surface area contributed by atoms with Crippen LogP contribution in [0, 0.1) is 0 Å². The zero-order valence-electron chi connectivity index (χ0n) is 26.9. The molecular formula is C38H37N7O+2. The Hall–Kier alpha value is -4.98. The van der Waals surface area contributed by atoms with Gasteiger partial charge in [-0.2, -0.15) is 9.67 Å². The van der Waals surface area contributed by atoms with E-state index in [1.165, 1.54) is 11.1 Å². The van der Waals surface area contributed by atoms with Crippen molar-refractivity contribution in [3.63, 3.8) is 0 Å². The molecule has 0 amide bonds. The minimum atomic E-state index is -0.214. The maximum atomic E-state index is 6.41. The van der Waals surface area contributed by atoms with Gasteiger partial charge in [0.1, 0.15) is 23.4 Å². The lowest BCUT2D eigenvalue weighted by Crippen LogP contribution is -2.57. The molecule has 46 heavy (non-hydrogen) atoms. The summed E-state index contributed by atoms with van der Waals surface area (Å²) in [5.41, 5.74) is 7.71. The van der Waals surface area contributed by atoms with E-state index >= 15 is 0 Å². The maximum Gasteiger partial charge on any atom is 0.349 e. The number of pyridine rings is 2. The van der Waals surface area contributed by atoms with Crippen molar-refractivity contribution in [1.29, 1.82) is 0 Å². The first-order valence-electron chi connectivity index (χ1n) is 16.4. The fourth-order valence-corrected chi connectivity index (χ4v) is 8.11. The van der Waals surface area contributed by atoms with Gasteiger partial charge in [-0.25, -0.2) is 19.2 Å². The van der Waals surface area contributed by atoms with Crippen LogP contribution >= 0.6 is 0 Å². The third-order valence-electron chi connectivity index (χ3n) is 10.5. The minimum Gasteiger partial charge on any atom is -0.456 e. The zero-order chi connectivity index (χ0) is 31.4. The Morgan fingerprint density at radius 1 is 0.913 bits per heavy atom. The van der Waals surface area contributed by atoms with Crippen molar-refractivity contribution in [3.05, 3.63) is 96.7 Å². The van der Waals surface area contributed by atoms with E-state index in [9.17, 15) is 0 Å². The van der Waals surface area contributed by atoms with Gasteiger partial charge in [-0.1, -0.05) is 58.9 Å². The van der Waals surface area contributed by atoms with Crippen molar-refractivity contribution in [2.45, 2.75) is 76.9 Å². The summed E-state index contributed by atoms with van der Waals surface area (Å²) < 4.78 is 13.6. The fourth-order valence-electron chi connectivity index (χ4n) is 8.11. The first kappa shape index (κ1) is 27.3. The summed E-state index contributed by atoms with van der Waals surface area (Å²) in [6, 6.07) is 23.1. The Kier molecular flexibility index (Phi) is 5.66. The van der Waals surface area contributed by atoms with Gasteiger partial charge in [0.25, 0.3) is 5.69 Å². The zero-order valence-corrected chi connectivity index (χ0v) is 26.9. The molecule has 2 aliphatic heterocycles. The molecule has 5 aromatic heterocycles. The van der Waals surface area contributed by atoms with Crippen LogP contribution in [0.25, 0.3) is 55.9 Å². The molecule has 7 aromatic rings. The first-order valence-corrected chi connectivity index (χ1v) is 16.4. The Labute approximate surface area is 267 Å². The van der Waals surface area contributed by atoms with Gasteiger partial charge in [0, 0.05) is 58.7 Å². The molecule has 2 aromatic carbocycles. The lowest BCUT2D eigenvalue weighted by atomic mass is 9.81. The number of furan rings is 1. The fraction of sp³-hybridized carbons (Fsp3) is 0.316. The summed E-state index contributed by atoms with van der Waals surface area (Å²) in [6.45, 7) is 11.2. The van der Waals surface area contributed by atoms with Crippen LogP contribution in [0.5, 0.6) is 0 Å². The lowest BCUT2D eigenvalue weighted by molar-refractivity contribution is -0.759. The molecule has 0 bridgehead atoms. The van der Waals surface area contributed by atoms with Crippen molar-refractivity contribution in [2.75, 3.05) is 0 Å². The molecule has 8 nitrogen and oxygen atoms in total. The lowest BCUT2D eigenvalue weighted by Gasteiger charge is -2.31. The topological polar surface area (TPSA) is 77.4 Å². The standard InChI is InChI=1S/C38H37N7O/c1-6-38(7-2)21-27(45-35(26-15-10-11-20-43(26)38)41-36(42-45)37(3,4)5)33-24-17-18-30-32(23-13-8-9-16-29(23)46-30)31(24)28-22-40-25-14-12-19-39-34(25)44(28)33/h8-20,22,27,33H,6-7,21H2,1-5H3/q+2. The molecule has 0 aliphatic carbocycles. The summed E-state index contributed by atoms with van der Waals surface area (Å²) in [5, 5.41) is 7.63. The highest BCUT2D eigenvalue weighted by molar-refractivity contribution is 6.13. The second kappa shape index (κ2) is 9.52. The van der Waals surface area contributed by atoms with Crippen LogP contribution in [0.2, 0.25) is 0 Å². The summed E-state index contributed by atoms with van der Waals surface area (Å²) >= 11 is 0. The summed E-state index contributed by atoms with van der Waals surface area (Å²) in [7, 11) is 0. The van der Waals surface area contributed by atoms with Crippen molar-refractivity contribution in [3.8, 4) is 22.8 Å². The Bertz CT molecular complexity index is 2340. The normalized spacial score (nSPS) is 18.4. The minimum absolute atomic E-state index is 0.0633. The van der Waals surface area contributed by atoms with Gasteiger partial charge in [-0.15, -0.1) is 0 Å². The number of para-hydroxylation sites is 1. The molecular weight excluding hydrogens is 570 g/mol. The molecule has 7 heterocycles. The maximum absolute atomic E-state index is 6.41. The average Bonchev–Trinajstić information content (AvgIpc) is 3.76. The highest BCUT2D eigenvalue weighted by atomic mass is 16.3. The molecule has 8 heteroatoms. The molecule has 0 fully saturated rings. The molecule has 2 aliphatic rings. The smallest absolute Gasteiger partial charge is 0.349 e. The van der Waals surface area contributed by atoms with E-state index < -0.39 is 0 Å². The number of fused-ring (bicyclic) bond motifs is 12. The molecule has 0 N–H and O–H groups in total. The van der Waals surface area contributed by atoms with Gasteiger partial charge < -0.3 is 4.42 Å². The third kappa shape index (κ3) is 3.61. The Balaban J connectivity index is 1.41. The molecule has 0 radical (unpaired) electrons. The second-order valence-corrected chi connectivity index (χ2v) is 13.9. The molecule has 228 valence electrons. The van der Waals surface area contributed by atoms with Crippen molar-refractivity contribution in [1.82, 2.24) is 24.7 Å². The van der Waals surface area contributed by atoms with Gasteiger partial charge in [0.15, 0.2) is 34.8 Å². The molecule has 0 spiro atoms. The summed E-state index contributed by atoms with van der Waals surface area (Å²) in [5.74, 6) is 1.76. The van der Waals surface area contributed by atoms with Crippen LogP contribution in [0.3, 0.4) is 0 Å². The predicted molar refractivity (Wildman–Crippen MR) is 177 cm³/mol. The molecule has 0 saturated heterocycles. The van der Waals surface area contributed by atoms with Gasteiger partial charge in [0.2, 0.25) is 5.82 Å². The van der Waals surface area contributed by atoms with Gasteiger partial charge in [0.05, 0.1) is 6.20 Å². The molecule has 0 saturated carbocycles. The second-order valence-electron chi connectivity index (χ2n) is 13.9. The van der Waals surface area contributed by atoms with Crippen LogP contribution in [0.1, 0.15) is 77.4 Å². The van der Waals surface area contributed by atoms with E-state index in [2.05, 4.69) is 109 Å². The van der Waals surface area contributed by atoms with E-state index in [4.69, 9.17) is 24.5 Å². The molecule has 9 rings (SSSR count). The van der Waals surface area contributed by atoms with E-state index in [1.807, 2.05) is 24.5 Å². The van der Waals surface area contributed by atoms with E-state index in [0.717, 1.165) is 75.4 Å². The average molecular weight is 608 g/mol. The number of nitrogens with zero attached hydrogens (tertiary/aromatic N) is 7. The van der Waals surface area contributed by atoms with Crippen molar-refractivity contribution >= 4 is 33.1 Å². The quantitative estimate of drug-likeness (QED) is 0.196. The summed E-state index contributed by atoms with van der Waals surface area (Å²) in [6.07, 6.45) is 8.98. The van der Waals surface area contributed by atoms with Crippen LogP contribution in [0.15, 0.2) is 89.7 Å². The van der Waals surface area contributed by atoms with Crippen LogP contribution < -0.4 is 9.13 Å². The third-order valence-corrected chi connectivity index (χ3v) is 10.5. The number of hydrogen-bond acceptors (Lipinski definition) is 5. The van der Waals surface area contributed by atoms with E-state index in [0.29, 0.717) is 0 Å². The van der Waals surface area contributed by atoms with Crippen LogP contribution in [-0.2, 0) is 11.0 Å². The van der Waals surface area contributed by atoms with Gasteiger partial charge >= 0.3 is 5.65 Å². The Morgan fingerprint density at radius 3 is 2.57 bits per heavy atom. The predicted octanol–water partition coefficient (Wildman–Crippen LogP) is 7.39. The summed E-state index contributed by atoms with van der Waals surface area (Å²) in [4.78, 5) is 15.2. The first-order chi connectivity index (χ1) is 22.3.